The van der Waals surface area contributed by atoms with E-state index in [0.29, 0.717) is 18.9 Å². The Morgan fingerprint density at radius 3 is 2.95 bits per heavy atom. The van der Waals surface area contributed by atoms with Crippen LogP contribution in [0.3, 0.4) is 0 Å². The first kappa shape index (κ1) is 13.5. The number of aryl methyl sites for hydroxylation is 1. The highest BCUT2D eigenvalue weighted by atomic mass is 16.2. The number of anilines is 1. The first-order valence-electron chi connectivity index (χ1n) is 7.09. The van der Waals surface area contributed by atoms with Gasteiger partial charge in [-0.1, -0.05) is 0 Å². The van der Waals surface area contributed by atoms with E-state index in [4.69, 9.17) is 0 Å². The predicted molar refractivity (Wildman–Crippen MR) is 78.1 cm³/mol. The topological polar surface area (TPSA) is 84.7 Å². The van der Waals surface area contributed by atoms with E-state index >= 15 is 0 Å². The van der Waals surface area contributed by atoms with E-state index in [-0.39, 0.29) is 11.8 Å². The van der Waals surface area contributed by atoms with Crippen LogP contribution in [-0.2, 0) is 4.79 Å². The van der Waals surface area contributed by atoms with E-state index < -0.39 is 0 Å². The Morgan fingerprint density at radius 1 is 1.38 bits per heavy atom. The Labute approximate surface area is 122 Å². The lowest BCUT2D eigenvalue weighted by Gasteiger charge is -2.09. The summed E-state index contributed by atoms with van der Waals surface area (Å²) in [6, 6.07) is 3.68. The lowest BCUT2D eigenvalue weighted by Crippen LogP contribution is -2.30. The van der Waals surface area contributed by atoms with Gasteiger partial charge in [0.2, 0.25) is 5.91 Å². The van der Waals surface area contributed by atoms with Crippen LogP contribution in [-0.4, -0.2) is 38.7 Å². The molecular formula is C14H18N6O. The Balaban J connectivity index is 1.56. The number of rotatable bonds is 6. The highest BCUT2D eigenvalue weighted by Crippen LogP contribution is 2.28. The molecule has 110 valence electrons. The predicted octanol–water partition coefficient (Wildman–Crippen LogP) is 0.909. The zero-order chi connectivity index (χ0) is 14.7. The van der Waals surface area contributed by atoms with Crippen LogP contribution in [0.4, 0.5) is 5.82 Å². The summed E-state index contributed by atoms with van der Waals surface area (Å²) >= 11 is 0. The second-order valence-corrected chi connectivity index (χ2v) is 5.10. The molecule has 21 heavy (non-hydrogen) atoms. The molecule has 7 nitrogen and oxygen atoms in total. The van der Waals surface area contributed by atoms with Crippen molar-refractivity contribution in [2.45, 2.75) is 19.8 Å². The lowest BCUT2D eigenvalue weighted by molar-refractivity contribution is -0.122. The SMILES string of the molecule is Cc1nc(NCCNC(=O)C2CC2)cc(-n2cccn2)n1. The van der Waals surface area contributed by atoms with Crippen molar-refractivity contribution >= 4 is 11.7 Å². The molecule has 0 spiro atoms. The monoisotopic (exact) mass is 286 g/mol. The van der Waals surface area contributed by atoms with Crippen molar-refractivity contribution in [3.8, 4) is 5.82 Å². The van der Waals surface area contributed by atoms with E-state index in [1.54, 1.807) is 10.9 Å². The number of amides is 1. The third kappa shape index (κ3) is 3.56. The maximum absolute atomic E-state index is 11.5. The zero-order valence-electron chi connectivity index (χ0n) is 11.9. The van der Waals surface area contributed by atoms with Gasteiger partial charge >= 0.3 is 0 Å². The van der Waals surface area contributed by atoms with E-state index in [2.05, 4.69) is 25.7 Å². The molecule has 1 aliphatic rings. The molecule has 2 heterocycles. The third-order valence-corrected chi connectivity index (χ3v) is 3.24. The Bertz CT molecular complexity index is 620. The van der Waals surface area contributed by atoms with E-state index in [9.17, 15) is 4.79 Å². The Kier molecular flexibility index (Phi) is 3.81. The first-order chi connectivity index (χ1) is 10.2. The number of hydrogen-bond acceptors (Lipinski definition) is 5. The van der Waals surface area contributed by atoms with Gasteiger partial charge in [-0.3, -0.25) is 4.79 Å². The van der Waals surface area contributed by atoms with E-state index in [0.717, 1.165) is 24.5 Å². The van der Waals surface area contributed by atoms with Crippen LogP contribution in [0.5, 0.6) is 0 Å². The number of carbonyl (C=O) groups excluding carboxylic acids is 1. The minimum absolute atomic E-state index is 0.160. The highest BCUT2D eigenvalue weighted by molar-refractivity contribution is 5.80. The fourth-order valence-corrected chi connectivity index (χ4v) is 2.03. The van der Waals surface area contributed by atoms with Crippen LogP contribution < -0.4 is 10.6 Å². The van der Waals surface area contributed by atoms with Crippen molar-refractivity contribution in [3.63, 3.8) is 0 Å². The molecule has 0 unspecified atom stereocenters. The van der Waals surface area contributed by atoms with Gasteiger partial charge in [0.25, 0.3) is 0 Å². The molecule has 2 aromatic rings. The minimum atomic E-state index is 0.160. The molecule has 1 amide bonds. The molecule has 1 saturated carbocycles. The van der Waals surface area contributed by atoms with Crippen LogP contribution in [0.25, 0.3) is 5.82 Å². The van der Waals surface area contributed by atoms with Gasteiger partial charge in [-0.15, -0.1) is 0 Å². The smallest absolute Gasteiger partial charge is 0.223 e. The van der Waals surface area contributed by atoms with Crippen molar-refractivity contribution in [2.75, 3.05) is 18.4 Å². The standard InChI is InChI=1S/C14H18N6O/c1-10-18-12(9-13(19-10)20-8-2-5-17-20)15-6-7-16-14(21)11-3-4-11/h2,5,8-9,11H,3-4,6-7H2,1H3,(H,16,21)(H,15,18,19). The second-order valence-electron chi connectivity index (χ2n) is 5.10. The van der Waals surface area contributed by atoms with Crippen LogP contribution >= 0.6 is 0 Å². The highest BCUT2D eigenvalue weighted by Gasteiger charge is 2.28. The van der Waals surface area contributed by atoms with Gasteiger partial charge in [-0.25, -0.2) is 14.6 Å². The molecule has 2 aromatic heterocycles. The van der Waals surface area contributed by atoms with E-state index in [1.165, 1.54) is 0 Å². The average Bonchev–Trinajstić information content (AvgIpc) is 3.17. The largest absolute Gasteiger partial charge is 0.368 e. The normalized spacial score (nSPS) is 14.0. The van der Waals surface area contributed by atoms with Gasteiger partial charge < -0.3 is 10.6 Å². The molecule has 3 rings (SSSR count). The molecule has 0 atom stereocenters. The van der Waals surface area contributed by atoms with Gasteiger partial charge in [0.15, 0.2) is 5.82 Å². The molecule has 0 aliphatic heterocycles. The molecular weight excluding hydrogens is 268 g/mol. The van der Waals surface area contributed by atoms with Crippen molar-refractivity contribution in [2.24, 2.45) is 5.92 Å². The molecule has 0 saturated heterocycles. The fraction of sp³-hybridized carbons (Fsp3) is 0.429. The Morgan fingerprint density at radius 2 is 2.24 bits per heavy atom. The number of carbonyl (C=O) groups is 1. The number of nitrogens with zero attached hydrogens (tertiary/aromatic N) is 4. The van der Waals surface area contributed by atoms with Crippen molar-refractivity contribution in [3.05, 3.63) is 30.4 Å². The summed E-state index contributed by atoms with van der Waals surface area (Å²) in [5.74, 6) is 2.53. The van der Waals surface area contributed by atoms with Gasteiger partial charge in [-0.2, -0.15) is 5.10 Å². The van der Waals surface area contributed by atoms with Crippen molar-refractivity contribution < 1.29 is 4.79 Å². The molecule has 1 aliphatic carbocycles. The van der Waals surface area contributed by atoms with E-state index in [1.807, 2.05) is 25.3 Å². The second kappa shape index (κ2) is 5.90. The van der Waals surface area contributed by atoms with Crippen molar-refractivity contribution in [1.29, 1.82) is 0 Å². The third-order valence-electron chi connectivity index (χ3n) is 3.24. The zero-order valence-corrected chi connectivity index (χ0v) is 11.9. The molecule has 7 heteroatoms. The number of hydrogen-bond donors (Lipinski definition) is 2. The van der Waals surface area contributed by atoms with Crippen LogP contribution in [0.1, 0.15) is 18.7 Å². The summed E-state index contributed by atoms with van der Waals surface area (Å²) in [6.07, 6.45) is 5.59. The van der Waals surface area contributed by atoms with Crippen LogP contribution in [0.15, 0.2) is 24.5 Å². The lowest BCUT2D eigenvalue weighted by atomic mass is 10.4. The summed E-state index contributed by atoms with van der Waals surface area (Å²) in [5, 5.41) is 10.3. The molecule has 2 N–H and O–H groups in total. The maximum Gasteiger partial charge on any atom is 0.223 e. The van der Waals surface area contributed by atoms with Crippen LogP contribution in [0.2, 0.25) is 0 Å². The van der Waals surface area contributed by atoms with Crippen molar-refractivity contribution in [1.82, 2.24) is 25.1 Å². The summed E-state index contributed by atoms with van der Waals surface area (Å²) in [5.41, 5.74) is 0. The van der Waals surface area contributed by atoms with Gasteiger partial charge in [0.1, 0.15) is 11.6 Å². The summed E-state index contributed by atoms with van der Waals surface area (Å²) < 4.78 is 1.69. The maximum atomic E-state index is 11.5. The molecule has 0 aromatic carbocycles. The average molecular weight is 286 g/mol. The Hall–Kier alpha value is -2.44. The first-order valence-corrected chi connectivity index (χ1v) is 7.09. The van der Waals surface area contributed by atoms with Crippen LogP contribution in [0, 0.1) is 12.8 Å². The quantitative estimate of drug-likeness (QED) is 0.771. The van der Waals surface area contributed by atoms with Gasteiger partial charge in [0.05, 0.1) is 0 Å². The summed E-state index contributed by atoms with van der Waals surface area (Å²) in [4.78, 5) is 20.2. The minimum Gasteiger partial charge on any atom is -0.368 e. The number of nitrogens with one attached hydrogen (secondary N) is 2. The molecule has 1 fully saturated rings. The summed E-state index contributed by atoms with van der Waals surface area (Å²) in [7, 11) is 0. The molecule has 0 bridgehead atoms. The number of aromatic nitrogens is 4. The van der Waals surface area contributed by atoms with Gasteiger partial charge in [0, 0.05) is 37.5 Å². The van der Waals surface area contributed by atoms with Gasteiger partial charge in [-0.05, 0) is 25.8 Å². The summed E-state index contributed by atoms with van der Waals surface area (Å²) in [6.45, 7) is 3.07. The fourth-order valence-electron chi connectivity index (χ4n) is 2.03. The molecule has 0 radical (unpaired) electrons.